The van der Waals surface area contributed by atoms with E-state index in [1.165, 1.54) is 0 Å². The molecule has 0 radical (unpaired) electrons. The van der Waals surface area contributed by atoms with Crippen LogP contribution in [0, 0.1) is 17.0 Å². The molecule has 0 aliphatic carbocycles. The van der Waals surface area contributed by atoms with Crippen LogP contribution in [0.3, 0.4) is 0 Å². The van der Waals surface area contributed by atoms with Crippen LogP contribution in [0.5, 0.6) is 5.88 Å². The van der Waals surface area contributed by atoms with Crippen molar-refractivity contribution in [3.63, 3.8) is 0 Å². The van der Waals surface area contributed by atoms with Gasteiger partial charge in [-0.2, -0.15) is 0 Å². The number of rotatable bonds is 6. The van der Waals surface area contributed by atoms with Crippen molar-refractivity contribution in [2.24, 2.45) is 0 Å². The summed E-state index contributed by atoms with van der Waals surface area (Å²) >= 11 is 0. The Balaban J connectivity index is 1.67. The van der Waals surface area contributed by atoms with Gasteiger partial charge in [0.25, 0.3) is 5.69 Å². The van der Waals surface area contributed by atoms with E-state index in [-0.39, 0.29) is 16.7 Å². The van der Waals surface area contributed by atoms with Gasteiger partial charge in [0.1, 0.15) is 11.8 Å². The zero-order chi connectivity index (χ0) is 16.9. The number of ether oxygens (including phenoxy) is 2. The zero-order valence-electron chi connectivity index (χ0n) is 13.4. The third kappa shape index (κ3) is 3.99. The standard InChI is InChI=1S/C17H19N3O4/c1-12-2-3-15(16(8-12)20(21)22)19-10-13-4-6-18-17(9-13)24-14-5-7-23-11-14/h2-4,6,8-9,14,19H,5,7,10-11H2,1H3. The second-order valence-electron chi connectivity index (χ2n) is 5.74. The maximum atomic E-state index is 11.2. The van der Waals surface area contributed by atoms with Crippen molar-refractivity contribution >= 4 is 11.4 Å². The predicted octanol–water partition coefficient (Wildman–Crippen LogP) is 3.08. The van der Waals surface area contributed by atoms with Crippen molar-refractivity contribution < 1.29 is 14.4 Å². The summed E-state index contributed by atoms with van der Waals surface area (Å²) in [4.78, 5) is 15.0. The van der Waals surface area contributed by atoms with E-state index in [0.717, 1.165) is 17.5 Å². The highest BCUT2D eigenvalue weighted by atomic mass is 16.6. The van der Waals surface area contributed by atoms with Gasteiger partial charge >= 0.3 is 0 Å². The Morgan fingerprint density at radius 3 is 3.04 bits per heavy atom. The molecule has 3 rings (SSSR count). The number of anilines is 1. The Bertz CT molecular complexity index is 730. The molecule has 24 heavy (non-hydrogen) atoms. The lowest BCUT2D eigenvalue weighted by atomic mass is 10.2. The molecule has 0 spiro atoms. The zero-order valence-corrected chi connectivity index (χ0v) is 13.4. The number of aryl methyl sites for hydroxylation is 1. The molecular weight excluding hydrogens is 310 g/mol. The monoisotopic (exact) mass is 329 g/mol. The lowest BCUT2D eigenvalue weighted by Gasteiger charge is -2.12. The highest BCUT2D eigenvalue weighted by Gasteiger charge is 2.18. The van der Waals surface area contributed by atoms with Crippen LogP contribution >= 0.6 is 0 Å². The summed E-state index contributed by atoms with van der Waals surface area (Å²) in [6, 6.07) is 8.82. The topological polar surface area (TPSA) is 86.5 Å². The third-order valence-corrected chi connectivity index (χ3v) is 3.81. The van der Waals surface area contributed by atoms with E-state index in [1.807, 2.05) is 25.1 Å². The van der Waals surface area contributed by atoms with Gasteiger partial charge in [-0.15, -0.1) is 0 Å². The number of pyridine rings is 1. The van der Waals surface area contributed by atoms with E-state index in [4.69, 9.17) is 9.47 Å². The SMILES string of the molecule is Cc1ccc(NCc2ccnc(OC3CCOC3)c2)c([N+](=O)[O-])c1. The molecule has 1 aliphatic rings. The maximum absolute atomic E-state index is 11.2. The maximum Gasteiger partial charge on any atom is 0.292 e. The molecule has 1 atom stereocenters. The molecule has 1 aromatic carbocycles. The first kappa shape index (κ1) is 16.2. The summed E-state index contributed by atoms with van der Waals surface area (Å²) < 4.78 is 11.1. The van der Waals surface area contributed by atoms with Gasteiger partial charge in [-0.1, -0.05) is 6.07 Å². The van der Waals surface area contributed by atoms with Gasteiger partial charge in [0.05, 0.1) is 18.1 Å². The molecule has 1 saturated heterocycles. The number of hydrogen-bond acceptors (Lipinski definition) is 6. The molecule has 1 aliphatic heterocycles. The van der Waals surface area contributed by atoms with Crippen LogP contribution in [-0.4, -0.2) is 29.2 Å². The Kier molecular flexibility index (Phi) is 4.90. The summed E-state index contributed by atoms with van der Waals surface area (Å²) in [5.41, 5.74) is 2.36. The van der Waals surface area contributed by atoms with E-state index in [0.29, 0.717) is 31.3 Å². The van der Waals surface area contributed by atoms with E-state index in [1.54, 1.807) is 18.3 Å². The predicted molar refractivity (Wildman–Crippen MR) is 89.2 cm³/mol. The first-order valence-corrected chi connectivity index (χ1v) is 7.80. The van der Waals surface area contributed by atoms with Crippen molar-refractivity contribution in [3.8, 4) is 5.88 Å². The molecule has 0 amide bonds. The fraction of sp³-hybridized carbons (Fsp3) is 0.353. The fourth-order valence-electron chi connectivity index (χ4n) is 2.54. The summed E-state index contributed by atoms with van der Waals surface area (Å²) in [6.45, 7) is 3.57. The van der Waals surface area contributed by atoms with Crippen molar-refractivity contribution in [2.75, 3.05) is 18.5 Å². The average molecular weight is 329 g/mol. The van der Waals surface area contributed by atoms with Gasteiger partial charge in [0.2, 0.25) is 5.88 Å². The van der Waals surface area contributed by atoms with Crippen LogP contribution in [0.25, 0.3) is 0 Å². The molecule has 7 heteroatoms. The molecule has 126 valence electrons. The third-order valence-electron chi connectivity index (χ3n) is 3.81. The lowest BCUT2D eigenvalue weighted by Crippen LogP contribution is -2.16. The van der Waals surface area contributed by atoms with Gasteiger partial charge in [0, 0.05) is 31.3 Å². The Morgan fingerprint density at radius 2 is 2.29 bits per heavy atom. The summed E-state index contributed by atoms with van der Waals surface area (Å²) in [5, 5.41) is 14.3. The molecule has 1 N–H and O–H groups in total. The summed E-state index contributed by atoms with van der Waals surface area (Å²) in [5.74, 6) is 0.545. The Hall–Kier alpha value is -2.67. The minimum Gasteiger partial charge on any atom is -0.472 e. The van der Waals surface area contributed by atoms with Gasteiger partial charge in [0.15, 0.2) is 0 Å². The van der Waals surface area contributed by atoms with Crippen molar-refractivity contribution in [3.05, 3.63) is 57.8 Å². The smallest absolute Gasteiger partial charge is 0.292 e. The molecule has 1 aromatic heterocycles. The number of hydrogen-bond donors (Lipinski definition) is 1. The molecule has 0 bridgehead atoms. The second kappa shape index (κ2) is 7.27. The van der Waals surface area contributed by atoms with Crippen molar-refractivity contribution in [1.29, 1.82) is 0 Å². The van der Waals surface area contributed by atoms with Crippen LogP contribution in [0.1, 0.15) is 17.5 Å². The largest absolute Gasteiger partial charge is 0.472 e. The number of nitrogens with one attached hydrogen (secondary N) is 1. The Labute approximate surface area is 139 Å². The minimum absolute atomic E-state index is 0.0406. The number of aromatic nitrogens is 1. The molecule has 0 saturated carbocycles. The quantitative estimate of drug-likeness (QED) is 0.647. The van der Waals surface area contributed by atoms with Crippen LogP contribution in [-0.2, 0) is 11.3 Å². The molecule has 7 nitrogen and oxygen atoms in total. The normalized spacial score (nSPS) is 16.8. The minimum atomic E-state index is -0.378. The number of nitrogens with zero attached hydrogens (tertiary/aromatic N) is 2. The second-order valence-corrected chi connectivity index (χ2v) is 5.74. The van der Waals surface area contributed by atoms with Gasteiger partial charge in [-0.25, -0.2) is 4.98 Å². The van der Waals surface area contributed by atoms with Crippen LogP contribution in [0.4, 0.5) is 11.4 Å². The molecule has 1 unspecified atom stereocenters. The van der Waals surface area contributed by atoms with Crippen molar-refractivity contribution in [2.45, 2.75) is 26.0 Å². The van der Waals surface area contributed by atoms with E-state index < -0.39 is 0 Å². The van der Waals surface area contributed by atoms with E-state index in [9.17, 15) is 10.1 Å². The highest BCUT2D eigenvalue weighted by molar-refractivity contribution is 5.62. The average Bonchev–Trinajstić information content (AvgIpc) is 3.07. The van der Waals surface area contributed by atoms with Gasteiger partial charge < -0.3 is 14.8 Å². The molecular formula is C17H19N3O4. The fourth-order valence-corrected chi connectivity index (χ4v) is 2.54. The van der Waals surface area contributed by atoms with Crippen molar-refractivity contribution in [1.82, 2.24) is 4.98 Å². The summed E-state index contributed by atoms with van der Waals surface area (Å²) in [7, 11) is 0. The van der Waals surface area contributed by atoms with Gasteiger partial charge in [-0.05, 0) is 30.2 Å². The first-order valence-electron chi connectivity index (χ1n) is 7.80. The van der Waals surface area contributed by atoms with Crippen LogP contribution in [0.15, 0.2) is 36.5 Å². The number of nitro groups is 1. The molecule has 2 heterocycles. The van der Waals surface area contributed by atoms with E-state index in [2.05, 4.69) is 10.3 Å². The number of nitro benzene ring substituents is 1. The lowest BCUT2D eigenvalue weighted by molar-refractivity contribution is -0.384. The van der Waals surface area contributed by atoms with Gasteiger partial charge in [-0.3, -0.25) is 10.1 Å². The number of benzene rings is 1. The van der Waals surface area contributed by atoms with Crippen LogP contribution < -0.4 is 10.1 Å². The summed E-state index contributed by atoms with van der Waals surface area (Å²) in [6.07, 6.45) is 2.57. The molecule has 2 aromatic rings. The molecule has 1 fully saturated rings. The van der Waals surface area contributed by atoms with Crippen LogP contribution in [0.2, 0.25) is 0 Å². The highest BCUT2D eigenvalue weighted by Crippen LogP contribution is 2.26. The Morgan fingerprint density at radius 1 is 1.42 bits per heavy atom. The van der Waals surface area contributed by atoms with E-state index >= 15 is 0 Å². The first-order chi connectivity index (χ1) is 11.6.